The highest BCUT2D eigenvalue weighted by atomic mass is 35.5. The minimum Gasteiger partial charge on any atom is -0.308 e. The molecule has 0 aromatic heterocycles. The van der Waals surface area contributed by atoms with Crippen LogP contribution in [0.2, 0.25) is 10.0 Å². The number of nitrogens with one attached hydrogen (secondary N) is 1. The van der Waals surface area contributed by atoms with Gasteiger partial charge in [0.1, 0.15) is 0 Å². The monoisotopic (exact) mass is 483 g/mol. The maximum Gasteiger partial charge on any atom is 0.323 e. The van der Waals surface area contributed by atoms with Crippen LogP contribution in [0, 0.1) is 0 Å². The summed E-state index contributed by atoms with van der Waals surface area (Å²) in [7, 11) is 0. The van der Waals surface area contributed by atoms with E-state index in [2.05, 4.69) is 5.32 Å². The first kappa shape index (κ1) is 21.2. The zero-order chi connectivity index (χ0) is 22.3. The van der Waals surface area contributed by atoms with Crippen molar-refractivity contribution in [1.29, 1.82) is 0 Å². The van der Waals surface area contributed by atoms with E-state index in [0.29, 0.717) is 34.6 Å². The van der Waals surface area contributed by atoms with Gasteiger partial charge >= 0.3 is 6.03 Å². The second kappa shape index (κ2) is 8.35. The number of urea groups is 1. The van der Waals surface area contributed by atoms with E-state index in [1.807, 2.05) is 48.5 Å². The van der Waals surface area contributed by atoms with Crippen molar-refractivity contribution < 1.29 is 9.59 Å². The molecule has 2 aliphatic heterocycles. The Morgan fingerprint density at radius 2 is 1.72 bits per heavy atom. The van der Waals surface area contributed by atoms with E-state index in [1.165, 1.54) is 11.8 Å². The van der Waals surface area contributed by atoms with E-state index >= 15 is 0 Å². The molecule has 0 aliphatic carbocycles. The van der Waals surface area contributed by atoms with Crippen LogP contribution >= 0.6 is 35.0 Å². The molecule has 2 heterocycles. The fourth-order valence-corrected chi connectivity index (χ4v) is 6.03. The molecule has 3 aromatic carbocycles. The van der Waals surface area contributed by atoms with Gasteiger partial charge in [0.05, 0.1) is 12.2 Å². The number of hydrogen-bond acceptors (Lipinski definition) is 3. The summed E-state index contributed by atoms with van der Waals surface area (Å²) in [6.45, 7) is 0.800. The Labute approximate surface area is 200 Å². The normalized spacial score (nSPS) is 19.5. The second-order valence-corrected chi connectivity index (χ2v) is 9.71. The van der Waals surface area contributed by atoms with E-state index in [9.17, 15) is 9.59 Å². The first-order chi connectivity index (χ1) is 15.5. The van der Waals surface area contributed by atoms with Crippen LogP contribution < -0.4 is 10.2 Å². The molecule has 0 radical (unpaired) electrons. The smallest absolute Gasteiger partial charge is 0.308 e. The van der Waals surface area contributed by atoms with Gasteiger partial charge in [0.15, 0.2) is 4.87 Å². The number of para-hydroxylation sites is 1. The van der Waals surface area contributed by atoms with Crippen molar-refractivity contribution >= 4 is 58.3 Å². The zero-order valence-corrected chi connectivity index (χ0v) is 19.3. The molecule has 1 unspecified atom stereocenters. The molecule has 5 nitrogen and oxygen atoms in total. The zero-order valence-electron chi connectivity index (χ0n) is 16.9. The molecule has 1 N–H and O–H groups in total. The predicted molar refractivity (Wildman–Crippen MR) is 130 cm³/mol. The van der Waals surface area contributed by atoms with Crippen molar-refractivity contribution in [2.45, 2.75) is 11.4 Å². The summed E-state index contributed by atoms with van der Waals surface area (Å²) in [5.74, 6) is 0.529. The number of benzene rings is 3. The molecule has 0 bridgehead atoms. The Balaban J connectivity index is 1.51. The summed E-state index contributed by atoms with van der Waals surface area (Å²) in [5.41, 5.74) is 3.11. The Bertz CT molecular complexity index is 1200. The van der Waals surface area contributed by atoms with Crippen molar-refractivity contribution in [3.63, 3.8) is 0 Å². The molecule has 3 aromatic rings. The maximum absolute atomic E-state index is 13.9. The number of amides is 3. The van der Waals surface area contributed by atoms with Crippen LogP contribution in [0.1, 0.15) is 11.1 Å². The lowest BCUT2D eigenvalue weighted by Crippen LogP contribution is -2.51. The molecule has 3 amide bonds. The van der Waals surface area contributed by atoms with Crippen LogP contribution in [0.5, 0.6) is 0 Å². The summed E-state index contributed by atoms with van der Waals surface area (Å²) in [6, 6.07) is 21.7. The van der Waals surface area contributed by atoms with Crippen LogP contribution in [-0.4, -0.2) is 29.1 Å². The topological polar surface area (TPSA) is 52.7 Å². The summed E-state index contributed by atoms with van der Waals surface area (Å²) in [5, 5.41) is 4.11. The highest BCUT2D eigenvalue weighted by Gasteiger charge is 2.59. The van der Waals surface area contributed by atoms with Crippen molar-refractivity contribution in [3.8, 4) is 0 Å². The standard InChI is InChI=1S/C24H19Cl2N3O2S/c25-17-9-11-18(12-10-17)27-23(31)29-13-14-32-24(29)19-6-2-4-8-21(19)28(22(24)30)15-16-5-1-3-7-20(16)26/h1-12H,13-15H2,(H,27,31). The lowest BCUT2D eigenvalue weighted by molar-refractivity contribution is -0.123. The third-order valence-electron chi connectivity index (χ3n) is 5.73. The van der Waals surface area contributed by atoms with Gasteiger partial charge in [-0.15, -0.1) is 11.8 Å². The number of anilines is 2. The molecule has 8 heteroatoms. The van der Waals surface area contributed by atoms with Crippen LogP contribution in [-0.2, 0) is 16.2 Å². The fourth-order valence-electron chi connectivity index (χ4n) is 4.25. The van der Waals surface area contributed by atoms with Gasteiger partial charge < -0.3 is 10.2 Å². The van der Waals surface area contributed by atoms with Gasteiger partial charge in [-0.25, -0.2) is 4.79 Å². The predicted octanol–water partition coefficient (Wildman–Crippen LogP) is 5.97. The Morgan fingerprint density at radius 3 is 2.50 bits per heavy atom. The Morgan fingerprint density at radius 1 is 1.00 bits per heavy atom. The fraction of sp³-hybridized carbons (Fsp3) is 0.167. The molecule has 0 saturated carbocycles. The SMILES string of the molecule is O=C(Nc1ccc(Cl)cc1)N1CCSC12C(=O)N(Cc1ccccc1Cl)c1ccccc12. The molecule has 1 atom stereocenters. The first-order valence-corrected chi connectivity index (χ1v) is 11.9. The van der Waals surface area contributed by atoms with Crippen molar-refractivity contribution in [1.82, 2.24) is 4.90 Å². The van der Waals surface area contributed by atoms with Gasteiger partial charge in [-0.2, -0.15) is 0 Å². The third kappa shape index (κ3) is 3.43. The third-order valence-corrected chi connectivity index (χ3v) is 7.77. The quantitative estimate of drug-likeness (QED) is 0.498. The molecule has 1 fully saturated rings. The van der Waals surface area contributed by atoms with E-state index < -0.39 is 4.87 Å². The van der Waals surface area contributed by atoms with Gasteiger partial charge in [0, 0.05) is 33.6 Å². The van der Waals surface area contributed by atoms with Gasteiger partial charge in [-0.05, 0) is 42.0 Å². The van der Waals surface area contributed by atoms with E-state index in [0.717, 1.165) is 16.8 Å². The van der Waals surface area contributed by atoms with Gasteiger partial charge in [-0.3, -0.25) is 9.69 Å². The summed E-state index contributed by atoms with van der Waals surface area (Å²) >= 11 is 13.8. The molecule has 1 spiro atoms. The summed E-state index contributed by atoms with van der Waals surface area (Å²) in [4.78, 5) is 29.5. The molecule has 1 saturated heterocycles. The van der Waals surface area contributed by atoms with Gasteiger partial charge in [0.2, 0.25) is 0 Å². The Kier molecular flexibility index (Phi) is 5.53. The van der Waals surface area contributed by atoms with Crippen molar-refractivity contribution in [2.24, 2.45) is 0 Å². The number of thioether (sulfide) groups is 1. The second-order valence-electron chi connectivity index (χ2n) is 7.58. The maximum atomic E-state index is 13.9. The van der Waals surface area contributed by atoms with Crippen LogP contribution in [0.25, 0.3) is 0 Å². The van der Waals surface area contributed by atoms with Crippen LogP contribution in [0.4, 0.5) is 16.2 Å². The van der Waals surface area contributed by atoms with Crippen molar-refractivity contribution in [2.75, 3.05) is 22.5 Å². The average molecular weight is 484 g/mol. The average Bonchev–Trinajstić information content (AvgIpc) is 3.34. The molecule has 32 heavy (non-hydrogen) atoms. The molecule has 162 valence electrons. The number of hydrogen-bond donors (Lipinski definition) is 1. The summed E-state index contributed by atoms with van der Waals surface area (Å²) < 4.78 is 0. The van der Waals surface area contributed by atoms with E-state index in [1.54, 1.807) is 34.1 Å². The number of carbonyl (C=O) groups is 2. The number of halogens is 2. The van der Waals surface area contributed by atoms with Crippen molar-refractivity contribution in [3.05, 3.63) is 94.0 Å². The van der Waals surface area contributed by atoms with Gasteiger partial charge in [-0.1, -0.05) is 59.6 Å². The summed E-state index contributed by atoms with van der Waals surface area (Å²) in [6.07, 6.45) is 0. The number of carbonyl (C=O) groups excluding carboxylic acids is 2. The highest BCUT2D eigenvalue weighted by Crippen LogP contribution is 2.54. The minimum absolute atomic E-state index is 0.132. The number of nitrogens with zero attached hydrogens (tertiary/aromatic N) is 2. The lowest BCUT2D eigenvalue weighted by Gasteiger charge is -2.33. The van der Waals surface area contributed by atoms with Crippen LogP contribution in [0.15, 0.2) is 72.8 Å². The molecular weight excluding hydrogens is 465 g/mol. The first-order valence-electron chi connectivity index (χ1n) is 10.1. The lowest BCUT2D eigenvalue weighted by atomic mass is 10.1. The largest absolute Gasteiger partial charge is 0.323 e. The van der Waals surface area contributed by atoms with E-state index in [-0.39, 0.29) is 11.9 Å². The number of fused-ring (bicyclic) bond motifs is 2. The van der Waals surface area contributed by atoms with Gasteiger partial charge in [0.25, 0.3) is 5.91 Å². The molecular formula is C24H19Cl2N3O2S. The number of rotatable bonds is 3. The molecule has 5 rings (SSSR count). The van der Waals surface area contributed by atoms with Crippen LogP contribution in [0.3, 0.4) is 0 Å². The Hall–Kier alpha value is -2.67. The minimum atomic E-state index is -1.10. The van der Waals surface area contributed by atoms with E-state index in [4.69, 9.17) is 23.2 Å². The molecule has 2 aliphatic rings. The highest BCUT2D eigenvalue weighted by molar-refractivity contribution is 8.01.